The molecule has 1 saturated heterocycles. The second-order valence-corrected chi connectivity index (χ2v) is 4.69. The Kier molecular flexibility index (Phi) is 4.68. The van der Waals surface area contributed by atoms with Crippen LogP contribution in [0.25, 0.3) is 0 Å². The van der Waals surface area contributed by atoms with Crippen molar-refractivity contribution >= 4 is 11.7 Å². The maximum atomic E-state index is 11.6. The van der Waals surface area contributed by atoms with Gasteiger partial charge in [0.2, 0.25) is 0 Å². The highest BCUT2D eigenvalue weighted by Crippen LogP contribution is 2.16. The third-order valence-electron chi connectivity index (χ3n) is 3.45. The van der Waals surface area contributed by atoms with Gasteiger partial charge in [-0.3, -0.25) is 4.79 Å². The predicted octanol–water partition coefficient (Wildman–Crippen LogP) is 0.415. The molecule has 6 nitrogen and oxygen atoms in total. The van der Waals surface area contributed by atoms with Gasteiger partial charge in [-0.15, -0.1) is 10.2 Å². The molecule has 0 unspecified atom stereocenters. The summed E-state index contributed by atoms with van der Waals surface area (Å²) in [6.45, 7) is 4.42. The van der Waals surface area contributed by atoms with Crippen LogP contribution in [0.3, 0.4) is 0 Å². The zero-order chi connectivity index (χ0) is 13.7. The first-order valence-corrected chi connectivity index (χ1v) is 6.78. The van der Waals surface area contributed by atoms with Crippen LogP contribution in [0.5, 0.6) is 0 Å². The van der Waals surface area contributed by atoms with Crippen LogP contribution in [0, 0.1) is 0 Å². The quantitative estimate of drug-likeness (QED) is 0.823. The van der Waals surface area contributed by atoms with Gasteiger partial charge in [0.25, 0.3) is 5.91 Å². The molecule has 19 heavy (non-hydrogen) atoms. The molecule has 1 amide bonds. The molecule has 0 aliphatic carbocycles. The summed E-state index contributed by atoms with van der Waals surface area (Å²) in [5.41, 5.74) is 0.371. The van der Waals surface area contributed by atoms with Crippen molar-refractivity contribution < 1.29 is 4.79 Å². The first-order valence-electron chi connectivity index (χ1n) is 6.78. The number of hydrogen-bond donors (Lipinski definition) is 2. The van der Waals surface area contributed by atoms with Crippen molar-refractivity contribution in [2.24, 2.45) is 0 Å². The van der Waals surface area contributed by atoms with Gasteiger partial charge in [-0.05, 0) is 38.9 Å². The lowest BCUT2D eigenvalue weighted by atomic mass is 10.1. The van der Waals surface area contributed by atoms with Crippen LogP contribution >= 0.6 is 0 Å². The van der Waals surface area contributed by atoms with Crippen molar-refractivity contribution in [2.45, 2.75) is 25.8 Å². The zero-order valence-corrected chi connectivity index (χ0v) is 11.5. The molecule has 0 aromatic carbocycles. The van der Waals surface area contributed by atoms with Gasteiger partial charge in [-0.1, -0.05) is 0 Å². The van der Waals surface area contributed by atoms with Crippen LogP contribution in [0.1, 0.15) is 30.3 Å². The lowest BCUT2D eigenvalue weighted by Gasteiger charge is -2.32. The first-order chi connectivity index (χ1) is 9.24. The second kappa shape index (κ2) is 6.47. The van der Waals surface area contributed by atoms with Crippen molar-refractivity contribution in [1.29, 1.82) is 0 Å². The topological polar surface area (TPSA) is 70.2 Å². The van der Waals surface area contributed by atoms with E-state index in [9.17, 15) is 4.79 Å². The molecule has 6 heteroatoms. The summed E-state index contributed by atoms with van der Waals surface area (Å²) in [5, 5.41) is 14.2. The van der Waals surface area contributed by atoms with Gasteiger partial charge in [0.05, 0.1) is 0 Å². The van der Waals surface area contributed by atoms with E-state index in [-0.39, 0.29) is 5.91 Å². The summed E-state index contributed by atoms with van der Waals surface area (Å²) in [7, 11) is 2.00. The standard InChI is InChI=1S/C13H21N5O/c1-3-15-13(19)11-4-5-12(17-16-11)18-8-6-10(14-2)7-9-18/h4-5,10,14H,3,6-9H2,1-2H3,(H,15,19). The molecule has 2 N–H and O–H groups in total. The summed E-state index contributed by atoms with van der Waals surface area (Å²) in [6, 6.07) is 4.20. The van der Waals surface area contributed by atoms with E-state index >= 15 is 0 Å². The average Bonchev–Trinajstić information content (AvgIpc) is 2.48. The minimum Gasteiger partial charge on any atom is -0.355 e. The van der Waals surface area contributed by atoms with Crippen LogP contribution in [-0.2, 0) is 0 Å². The molecule has 2 rings (SSSR count). The highest BCUT2D eigenvalue weighted by Gasteiger charge is 2.19. The van der Waals surface area contributed by atoms with E-state index in [0.29, 0.717) is 18.3 Å². The number of nitrogens with one attached hydrogen (secondary N) is 2. The minimum atomic E-state index is -0.171. The Morgan fingerprint density at radius 1 is 1.37 bits per heavy atom. The Hall–Kier alpha value is -1.69. The van der Waals surface area contributed by atoms with Gasteiger partial charge >= 0.3 is 0 Å². The molecule has 1 aromatic rings. The van der Waals surface area contributed by atoms with Gasteiger partial charge in [-0.2, -0.15) is 0 Å². The summed E-state index contributed by atoms with van der Waals surface area (Å²) >= 11 is 0. The van der Waals surface area contributed by atoms with Crippen LogP contribution in [0.15, 0.2) is 12.1 Å². The number of anilines is 1. The molecular formula is C13H21N5O. The summed E-state index contributed by atoms with van der Waals surface area (Å²) in [6.07, 6.45) is 2.21. The van der Waals surface area contributed by atoms with Crippen molar-refractivity contribution in [1.82, 2.24) is 20.8 Å². The third kappa shape index (κ3) is 3.41. The van der Waals surface area contributed by atoms with E-state index in [0.717, 1.165) is 31.7 Å². The van der Waals surface area contributed by atoms with Crippen LogP contribution < -0.4 is 15.5 Å². The number of hydrogen-bond acceptors (Lipinski definition) is 5. The maximum absolute atomic E-state index is 11.6. The van der Waals surface area contributed by atoms with Crippen molar-refractivity contribution in [3.8, 4) is 0 Å². The first kappa shape index (κ1) is 13.7. The number of amides is 1. The number of carbonyl (C=O) groups excluding carboxylic acids is 1. The maximum Gasteiger partial charge on any atom is 0.271 e. The summed E-state index contributed by atoms with van der Waals surface area (Å²) in [4.78, 5) is 13.8. The zero-order valence-electron chi connectivity index (χ0n) is 11.5. The second-order valence-electron chi connectivity index (χ2n) is 4.69. The fraction of sp³-hybridized carbons (Fsp3) is 0.615. The number of rotatable bonds is 4. The highest BCUT2D eigenvalue weighted by molar-refractivity contribution is 5.92. The number of aromatic nitrogens is 2. The van der Waals surface area contributed by atoms with E-state index < -0.39 is 0 Å². The van der Waals surface area contributed by atoms with Crippen molar-refractivity contribution in [3.05, 3.63) is 17.8 Å². The van der Waals surface area contributed by atoms with E-state index in [1.165, 1.54) is 0 Å². The Morgan fingerprint density at radius 3 is 2.63 bits per heavy atom. The van der Waals surface area contributed by atoms with E-state index in [1.54, 1.807) is 6.07 Å². The largest absolute Gasteiger partial charge is 0.355 e. The Balaban J connectivity index is 1.97. The average molecular weight is 263 g/mol. The fourth-order valence-electron chi connectivity index (χ4n) is 2.26. The van der Waals surface area contributed by atoms with Gasteiger partial charge in [0.15, 0.2) is 11.5 Å². The number of carbonyl (C=O) groups is 1. The molecule has 0 saturated carbocycles. The molecule has 2 heterocycles. The summed E-state index contributed by atoms with van der Waals surface area (Å²) < 4.78 is 0. The SMILES string of the molecule is CCNC(=O)c1ccc(N2CCC(NC)CC2)nn1. The molecule has 1 aliphatic rings. The van der Waals surface area contributed by atoms with Gasteiger partial charge < -0.3 is 15.5 Å². The molecule has 1 aliphatic heterocycles. The number of nitrogens with zero attached hydrogens (tertiary/aromatic N) is 3. The molecule has 1 aromatic heterocycles. The predicted molar refractivity (Wildman–Crippen MR) is 74.3 cm³/mol. The van der Waals surface area contributed by atoms with Crippen LogP contribution in [-0.4, -0.2) is 48.8 Å². The molecule has 0 bridgehead atoms. The summed E-state index contributed by atoms with van der Waals surface area (Å²) in [5.74, 6) is 0.679. The Bertz CT molecular complexity index is 412. The molecule has 0 atom stereocenters. The molecular weight excluding hydrogens is 242 g/mol. The highest BCUT2D eigenvalue weighted by atomic mass is 16.1. The Labute approximate surface area is 113 Å². The minimum absolute atomic E-state index is 0.171. The van der Waals surface area contributed by atoms with Crippen molar-refractivity contribution in [2.75, 3.05) is 31.6 Å². The van der Waals surface area contributed by atoms with E-state index in [4.69, 9.17) is 0 Å². The van der Waals surface area contributed by atoms with Crippen LogP contribution in [0.4, 0.5) is 5.82 Å². The third-order valence-corrected chi connectivity index (χ3v) is 3.45. The van der Waals surface area contributed by atoms with E-state index in [2.05, 4.69) is 25.7 Å². The smallest absolute Gasteiger partial charge is 0.271 e. The fourth-order valence-corrected chi connectivity index (χ4v) is 2.26. The normalized spacial score (nSPS) is 16.4. The van der Waals surface area contributed by atoms with E-state index in [1.807, 2.05) is 20.0 Å². The number of piperidine rings is 1. The lowest BCUT2D eigenvalue weighted by molar-refractivity contribution is 0.0950. The molecule has 104 valence electrons. The molecule has 0 radical (unpaired) electrons. The van der Waals surface area contributed by atoms with Crippen molar-refractivity contribution in [3.63, 3.8) is 0 Å². The molecule has 0 spiro atoms. The van der Waals surface area contributed by atoms with Gasteiger partial charge in [0.1, 0.15) is 0 Å². The lowest BCUT2D eigenvalue weighted by Crippen LogP contribution is -2.41. The molecule has 1 fully saturated rings. The van der Waals surface area contributed by atoms with Gasteiger partial charge in [-0.25, -0.2) is 0 Å². The Morgan fingerprint density at radius 2 is 2.11 bits per heavy atom. The van der Waals surface area contributed by atoms with Crippen LogP contribution in [0.2, 0.25) is 0 Å². The van der Waals surface area contributed by atoms with Gasteiger partial charge in [0, 0.05) is 25.7 Å². The monoisotopic (exact) mass is 263 g/mol.